The standard InChI is InChI=1S/C16H24FNO/c1-16(2,11-19)8-3-9-18-15-7-5-12-4-6-13(17)10-14(12)15/h4,6,10,15,18-19H,3,5,7-9,11H2,1-2H3. The van der Waals surface area contributed by atoms with Crippen LogP contribution in [-0.4, -0.2) is 18.3 Å². The minimum Gasteiger partial charge on any atom is -0.396 e. The largest absolute Gasteiger partial charge is 0.396 e. The summed E-state index contributed by atoms with van der Waals surface area (Å²) in [6, 6.07) is 5.41. The number of hydrogen-bond acceptors (Lipinski definition) is 2. The van der Waals surface area contributed by atoms with Crippen molar-refractivity contribution in [2.24, 2.45) is 5.41 Å². The van der Waals surface area contributed by atoms with Gasteiger partial charge in [-0.25, -0.2) is 4.39 Å². The van der Waals surface area contributed by atoms with Crippen molar-refractivity contribution in [3.63, 3.8) is 0 Å². The summed E-state index contributed by atoms with van der Waals surface area (Å²) in [6.45, 7) is 5.30. The van der Waals surface area contributed by atoms with Crippen LogP contribution in [0.2, 0.25) is 0 Å². The molecule has 0 amide bonds. The third-order valence-corrected chi connectivity index (χ3v) is 4.03. The van der Waals surface area contributed by atoms with Crippen molar-refractivity contribution in [2.45, 2.75) is 45.6 Å². The zero-order valence-electron chi connectivity index (χ0n) is 11.9. The van der Waals surface area contributed by atoms with E-state index in [1.807, 2.05) is 6.07 Å². The lowest BCUT2D eigenvalue weighted by Gasteiger charge is -2.22. The molecule has 1 aromatic rings. The summed E-state index contributed by atoms with van der Waals surface area (Å²) in [5.74, 6) is -0.145. The van der Waals surface area contributed by atoms with Gasteiger partial charge in [0.1, 0.15) is 5.82 Å². The molecule has 0 heterocycles. The monoisotopic (exact) mass is 265 g/mol. The molecule has 0 bridgehead atoms. The van der Waals surface area contributed by atoms with E-state index in [0.29, 0.717) is 6.04 Å². The van der Waals surface area contributed by atoms with Gasteiger partial charge >= 0.3 is 0 Å². The number of aliphatic hydroxyl groups excluding tert-OH is 1. The van der Waals surface area contributed by atoms with Gasteiger partial charge in [-0.3, -0.25) is 0 Å². The minimum atomic E-state index is -0.145. The lowest BCUT2D eigenvalue weighted by molar-refractivity contribution is 0.147. The maximum Gasteiger partial charge on any atom is 0.123 e. The molecule has 1 aromatic carbocycles. The SMILES string of the molecule is CC(C)(CO)CCCNC1CCc2ccc(F)cc21. The summed E-state index contributed by atoms with van der Waals surface area (Å²) in [6.07, 6.45) is 4.13. The highest BCUT2D eigenvalue weighted by molar-refractivity contribution is 5.34. The molecule has 0 aromatic heterocycles. The van der Waals surface area contributed by atoms with Crippen molar-refractivity contribution in [3.8, 4) is 0 Å². The first-order chi connectivity index (χ1) is 9.02. The number of fused-ring (bicyclic) bond motifs is 1. The van der Waals surface area contributed by atoms with Crippen molar-refractivity contribution in [1.82, 2.24) is 5.32 Å². The molecule has 0 aliphatic heterocycles. The second-order valence-corrected chi connectivity index (χ2v) is 6.31. The van der Waals surface area contributed by atoms with Gasteiger partial charge in [0.25, 0.3) is 0 Å². The smallest absolute Gasteiger partial charge is 0.123 e. The number of nitrogens with one attached hydrogen (secondary N) is 1. The fraction of sp³-hybridized carbons (Fsp3) is 0.625. The first kappa shape index (κ1) is 14.5. The second kappa shape index (κ2) is 6.02. The van der Waals surface area contributed by atoms with Crippen LogP contribution in [0.1, 0.15) is 50.3 Å². The van der Waals surface area contributed by atoms with E-state index >= 15 is 0 Å². The van der Waals surface area contributed by atoms with Gasteiger partial charge in [-0.05, 0) is 60.9 Å². The molecular formula is C16H24FNO. The Bertz CT molecular complexity index is 431. The number of hydrogen-bond donors (Lipinski definition) is 2. The van der Waals surface area contributed by atoms with Crippen molar-refractivity contribution in [3.05, 3.63) is 35.1 Å². The van der Waals surface area contributed by atoms with E-state index < -0.39 is 0 Å². The predicted octanol–water partition coefficient (Wildman–Crippen LogP) is 3.20. The van der Waals surface area contributed by atoms with E-state index in [9.17, 15) is 9.50 Å². The molecule has 19 heavy (non-hydrogen) atoms. The van der Waals surface area contributed by atoms with Gasteiger partial charge in [0, 0.05) is 12.6 Å². The summed E-state index contributed by atoms with van der Waals surface area (Å²) in [7, 11) is 0. The highest BCUT2D eigenvalue weighted by atomic mass is 19.1. The first-order valence-corrected chi connectivity index (χ1v) is 7.14. The fourth-order valence-electron chi connectivity index (χ4n) is 2.71. The lowest BCUT2D eigenvalue weighted by atomic mass is 9.89. The average molecular weight is 265 g/mol. The Morgan fingerprint density at radius 1 is 1.42 bits per heavy atom. The molecule has 2 nitrogen and oxygen atoms in total. The first-order valence-electron chi connectivity index (χ1n) is 7.14. The van der Waals surface area contributed by atoms with Crippen LogP contribution in [0.3, 0.4) is 0 Å². The van der Waals surface area contributed by atoms with E-state index in [1.165, 1.54) is 5.56 Å². The van der Waals surface area contributed by atoms with Crippen molar-refractivity contribution in [2.75, 3.05) is 13.2 Å². The summed E-state index contributed by atoms with van der Waals surface area (Å²) < 4.78 is 13.3. The van der Waals surface area contributed by atoms with Gasteiger partial charge in [-0.1, -0.05) is 19.9 Å². The molecule has 3 heteroatoms. The summed E-state index contributed by atoms with van der Waals surface area (Å²) >= 11 is 0. The maximum atomic E-state index is 13.3. The van der Waals surface area contributed by atoms with Crippen LogP contribution in [-0.2, 0) is 6.42 Å². The molecule has 0 fully saturated rings. The van der Waals surface area contributed by atoms with E-state index in [4.69, 9.17) is 0 Å². The van der Waals surface area contributed by atoms with Gasteiger partial charge < -0.3 is 10.4 Å². The number of benzene rings is 1. The lowest BCUT2D eigenvalue weighted by Crippen LogP contribution is -2.23. The van der Waals surface area contributed by atoms with Crippen LogP contribution in [0.4, 0.5) is 4.39 Å². The minimum absolute atomic E-state index is 0.00136. The average Bonchev–Trinajstić information content (AvgIpc) is 2.77. The molecular weight excluding hydrogens is 241 g/mol. The van der Waals surface area contributed by atoms with Crippen LogP contribution >= 0.6 is 0 Å². The van der Waals surface area contributed by atoms with Crippen LogP contribution < -0.4 is 5.32 Å². The number of aryl methyl sites for hydroxylation is 1. The van der Waals surface area contributed by atoms with Crippen LogP contribution in [0.5, 0.6) is 0 Å². The predicted molar refractivity (Wildman–Crippen MR) is 75.6 cm³/mol. The highest BCUT2D eigenvalue weighted by Gasteiger charge is 2.22. The summed E-state index contributed by atoms with van der Waals surface area (Å²) in [4.78, 5) is 0. The molecule has 2 rings (SSSR count). The molecule has 1 aliphatic rings. The Kier molecular flexibility index (Phi) is 4.58. The topological polar surface area (TPSA) is 32.3 Å². The van der Waals surface area contributed by atoms with Crippen LogP contribution in [0, 0.1) is 11.2 Å². The number of aliphatic hydroxyl groups is 1. The van der Waals surface area contributed by atoms with Crippen molar-refractivity contribution < 1.29 is 9.50 Å². The molecule has 0 radical (unpaired) electrons. The summed E-state index contributed by atoms with van der Waals surface area (Å²) in [5.41, 5.74) is 2.40. The zero-order valence-corrected chi connectivity index (χ0v) is 11.9. The Hall–Kier alpha value is -0.930. The quantitative estimate of drug-likeness (QED) is 0.774. The molecule has 1 aliphatic carbocycles. The highest BCUT2D eigenvalue weighted by Crippen LogP contribution is 2.31. The molecule has 1 atom stereocenters. The van der Waals surface area contributed by atoms with Crippen LogP contribution in [0.25, 0.3) is 0 Å². The normalized spacial score (nSPS) is 18.6. The third kappa shape index (κ3) is 3.77. The number of rotatable bonds is 6. The van der Waals surface area contributed by atoms with Gasteiger partial charge in [0.05, 0.1) is 0 Å². The van der Waals surface area contributed by atoms with Gasteiger partial charge in [0.15, 0.2) is 0 Å². The van der Waals surface area contributed by atoms with E-state index in [-0.39, 0.29) is 17.8 Å². The maximum absolute atomic E-state index is 13.3. The molecule has 0 saturated heterocycles. The third-order valence-electron chi connectivity index (χ3n) is 4.03. The Morgan fingerprint density at radius 3 is 2.95 bits per heavy atom. The molecule has 2 N–H and O–H groups in total. The molecule has 0 spiro atoms. The Labute approximate surface area is 115 Å². The second-order valence-electron chi connectivity index (χ2n) is 6.31. The van der Waals surface area contributed by atoms with Gasteiger partial charge in [-0.2, -0.15) is 0 Å². The number of halogens is 1. The Balaban J connectivity index is 1.82. The summed E-state index contributed by atoms with van der Waals surface area (Å²) in [5, 5.41) is 12.7. The van der Waals surface area contributed by atoms with Crippen molar-refractivity contribution in [1.29, 1.82) is 0 Å². The molecule has 0 saturated carbocycles. The van der Waals surface area contributed by atoms with Crippen molar-refractivity contribution >= 4 is 0 Å². The van der Waals surface area contributed by atoms with Crippen LogP contribution in [0.15, 0.2) is 18.2 Å². The van der Waals surface area contributed by atoms with E-state index in [0.717, 1.165) is 37.8 Å². The van der Waals surface area contributed by atoms with E-state index in [2.05, 4.69) is 19.2 Å². The van der Waals surface area contributed by atoms with Gasteiger partial charge in [-0.15, -0.1) is 0 Å². The Morgan fingerprint density at radius 2 is 2.21 bits per heavy atom. The van der Waals surface area contributed by atoms with Gasteiger partial charge in [0.2, 0.25) is 0 Å². The zero-order chi connectivity index (χ0) is 13.9. The van der Waals surface area contributed by atoms with E-state index in [1.54, 1.807) is 12.1 Å². The molecule has 106 valence electrons. The molecule has 1 unspecified atom stereocenters. The fourth-order valence-corrected chi connectivity index (χ4v) is 2.71.